The summed E-state index contributed by atoms with van der Waals surface area (Å²) >= 11 is 0. The van der Waals surface area contributed by atoms with Gasteiger partial charge < -0.3 is 15.5 Å². The number of aliphatic hydroxyl groups excluding tert-OH is 2. The number of aliphatic hydroxyl groups is 2. The van der Waals surface area contributed by atoms with Crippen molar-refractivity contribution >= 4 is 16.7 Å². The van der Waals surface area contributed by atoms with Gasteiger partial charge in [0.05, 0.1) is 18.8 Å². The van der Waals surface area contributed by atoms with Crippen LogP contribution < -0.4 is 5.32 Å². The molecule has 0 saturated heterocycles. The first kappa shape index (κ1) is 23.4. The number of benzene rings is 2. The Bertz CT molecular complexity index is 768. The van der Waals surface area contributed by atoms with Crippen LogP contribution in [0.5, 0.6) is 0 Å². The fourth-order valence-corrected chi connectivity index (χ4v) is 4.05. The summed E-state index contributed by atoms with van der Waals surface area (Å²) in [5.41, 5.74) is 1.59. The van der Waals surface area contributed by atoms with E-state index in [2.05, 4.69) is 48.6 Å². The highest BCUT2D eigenvalue weighted by Gasteiger charge is 2.29. The number of aryl methyl sites for hydroxylation is 2. The molecule has 0 aliphatic heterocycles. The van der Waals surface area contributed by atoms with Crippen molar-refractivity contribution in [2.45, 2.75) is 77.2 Å². The zero-order valence-corrected chi connectivity index (χ0v) is 18.0. The summed E-state index contributed by atoms with van der Waals surface area (Å²) in [7, 11) is 0. The summed E-state index contributed by atoms with van der Waals surface area (Å²) in [5.74, 6) is -0.243. The van der Waals surface area contributed by atoms with Crippen LogP contribution in [-0.2, 0) is 17.6 Å². The van der Waals surface area contributed by atoms with Crippen molar-refractivity contribution in [3.05, 3.63) is 47.5 Å². The molecule has 0 heterocycles. The Balaban J connectivity index is 2.10. The molecule has 2 aromatic carbocycles. The third-order valence-electron chi connectivity index (χ3n) is 5.82. The normalized spacial score (nSPS) is 11.7. The third kappa shape index (κ3) is 6.83. The van der Waals surface area contributed by atoms with Crippen molar-refractivity contribution in [1.82, 2.24) is 5.32 Å². The molecule has 0 fully saturated rings. The number of unbranched alkanes of at least 4 members (excludes halogenated alkanes) is 5. The van der Waals surface area contributed by atoms with Gasteiger partial charge in [0.15, 0.2) is 0 Å². The maximum absolute atomic E-state index is 11.5. The van der Waals surface area contributed by atoms with Crippen molar-refractivity contribution in [2.75, 3.05) is 13.2 Å². The maximum atomic E-state index is 11.5. The Hall–Kier alpha value is -1.91. The molecular formula is C25H37NO3. The number of rotatable bonds is 13. The minimum Gasteiger partial charge on any atom is -0.394 e. The molecule has 0 aromatic heterocycles. The minimum absolute atomic E-state index is 0.243. The Labute approximate surface area is 175 Å². The van der Waals surface area contributed by atoms with Crippen molar-refractivity contribution in [2.24, 2.45) is 0 Å². The lowest BCUT2D eigenvalue weighted by Gasteiger charge is -2.30. The van der Waals surface area contributed by atoms with Crippen LogP contribution in [0.25, 0.3) is 10.8 Å². The smallest absolute Gasteiger partial charge is 0.217 e. The lowest BCUT2D eigenvalue weighted by molar-refractivity contribution is -0.122. The highest BCUT2D eigenvalue weighted by atomic mass is 16.3. The number of hydrogen-bond acceptors (Lipinski definition) is 3. The van der Waals surface area contributed by atoms with E-state index in [0.717, 1.165) is 6.42 Å². The molecule has 0 atom stereocenters. The van der Waals surface area contributed by atoms with E-state index < -0.39 is 5.54 Å². The molecule has 4 heteroatoms. The first-order chi connectivity index (χ1) is 14.0. The molecule has 29 heavy (non-hydrogen) atoms. The average Bonchev–Trinajstić information content (AvgIpc) is 2.74. The summed E-state index contributed by atoms with van der Waals surface area (Å²) in [5, 5.41) is 24.8. The summed E-state index contributed by atoms with van der Waals surface area (Å²) in [6.07, 6.45) is 10.0. The molecule has 4 nitrogen and oxygen atoms in total. The molecule has 0 radical (unpaired) electrons. The molecule has 3 N–H and O–H groups in total. The minimum atomic E-state index is -0.982. The van der Waals surface area contributed by atoms with Crippen molar-refractivity contribution in [3.63, 3.8) is 0 Å². The number of carbonyl (C=O) groups excluding carboxylic acids is 1. The van der Waals surface area contributed by atoms with Gasteiger partial charge in [-0.2, -0.15) is 0 Å². The van der Waals surface area contributed by atoms with E-state index in [-0.39, 0.29) is 19.1 Å². The molecule has 0 saturated carbocycles. The van der Waals surface area contributed by atoms with Crippen LogP contribution in [0.4, 0.5) is 0 Å². The largest absolute Gasteiger partial charge is 0.394 e. The average molecular weight is 400 g/mol. The van der Waals surface area contributed by atoms with Crippen LogP contribution in [0, 0.1) is 0 Å². The standard InChI is InChI=1S/C25H37NO3/c1-3-4-5-6-7-8-11-21-14-15-22(24-13-10-9-12-23(21)24)16-17-25(18-27,19-28)26-20(2)29/h9-10,12-15,27-28H,3-8,11,16-19H2,1-2H3,(H,26,29). The van der Waals surface area contributed by atoms with E-state index in [4.69, 9.17) is 0 Å². The van der Waals surface area contributed by atoms with E-state index in [1.54, 1.807) is 0 Å². The highest BCUT2D eigenvalue weighted by Crippen LogP contribution is 2.27. The monoisotopic (exact) mass is 399 g/mol. The highest BCUT2D eigenvalue weighted by molar-refractivity contribution is 5.88. The van der Waals surface area contributed by atoms with E-state index in [1.807, 2.05) is 0 Å². The first-order valence-corrected chi connectivity index (χ1v) is 11.0. The topological polar surface area (TPSA) is 69.6 Å². The molecule has 1 amide bonds. The second-order valence-corrected chi connectivity index (χ2v) is 8.22. The van der Waals surface area contributed by atoms with Gasteiger partial charge in [-0.1, -0.05) is 75.4 Å². The number of amides is 1. The van der Waals surface area contributed by atoms with E-state index in [0.29, 0.717) is 12.8 Å². The second kappa shape index (κ2) is 11.9. The van der Waals surface area contributed by atoms with Crippen LogP contribution in [0.2, 0.25) is 0 Å². The molecule has 2 rings (SSSR count). The van der Waals surface area contributed by atoms with Crippen LogP contribution in [-0.4, -0.2) is 34.9 Å². The zero-order chi connectivity index (χ0) is 21.1. The molecule has 160 valence electrons. The van der Waals surface area contributed by atoms with Crippen molar-refractivity contribution in [1.29, 1.82) is 0 Å². The van der Waals surface area contributed by atoms with Gasteiger partial charge in [0.1, 0.15) is 0 Å². The van der Waals surface area contributed by atoms with E-state index >= 15 is 0 Å². The van der Waals surface area contributed by atoms with Gasteiger partial charge in [0.2, 0.25) is 5.91 Å². The molecule has 0 aliphatic rings. The molecule has 0 spiro atoms. The quantitative estimate of drug-likeness (QED) is 0.433. The summed E-state index contributed by atoms with van der Waals surface area (Å²) in [6, 6.07) is 12.9. The zero-order valence-electron chi connectivity index (χ0n) is 18.0. The SMILES string of the molecule is CCCCCCCCc1ccc(CCC(CO)(CO)NC(C)=O)c2ccccc12. The van der Waals surface area contributed by atoms with Gasteiger partial charge in [-0.3, -0.25) is 4.79 Å². The maximum Gasteiger partial charge on any atom is 0.217 e. The molecule has 0 unspecified atom stereocenters. The van der Waals surface area contributed by atoms with Crippen LogP contribution in [0.3, 0.4) is 0 Å². The molecule has 2 aromatic rings. The van der Waals surface area contributed by atoms with Gasteiger partial charge >= 0.3 is 0 Å². The fraction of sp³-hybridized carbons (Fsp3) is 0.560. The van der Waals surface area contributed by atoms with Gasteiger partial charge in [-0.05, 0) is 47.6 Å². The van der Waals surface area contributed by atoms with Crippen LogP contribution in [0.15, 0.2) is 36.4 Å². The number of carbonyl (C=O) groups is 1. The van der Waals surface area contributed by atoms with E-state index in [9.17, 15) is 15.0 Å². The summed E-state index contributed by atoms with van der Waals surface area (Å²) < 4.78 is 0. The predicted octanol–water partition coefficient (Wildman–Crippen LogP) is 4.53. The van der Waals surface area contributed by atoms with Gasteiger partial charge in [-0.25, -0.2) is 0 Å². The lowest BCUT2D eigenvalue weighted by Crippen LogP contribution is -2.53. The van der Waals surface area contributed by atoms with Crippen LogP contribution >= 0.6 is 0 Å². The van der Waals surface area contributed by atoms with E-state index in [1.165, 1.54) is 67.3 Å². The Morgan fingerprint density at radius 2 is 1.41 bits per heavy atom. The second-order valence-electron chi connectivity index (χ2n) is 8.22. The van der Waals surface area contributed by atoms with Gasteiger partial charge in [0.25, 0.3) is 0 Å². The van der Waals surface area contributed by atoms with Crippen molar-refractivity contribution in [3.8, 4) is 0 Å². The number of nitrogens with one attached hydrogen (secondary N) is 1. The Morgan fingerprint density at radius 3 is 1.97 bits per heavy atom. The molecule has 0 aliphatic carbocycles. The lowest BCUT2D eigenvalue weighted by atomic mass is 9.89. The fourth-order valence-electron chi connectivity index (χ4n) is 4.05. The van der Waals surface area contributed by atoms with Gasteiger partial charge in [0, 0.05) is 6.92 Å². The molecule has 0 bridgehead atoms. The van der Waals surface area contributed by atoms with Gasteiger partial charge in [-0.15, -0.1) is 0 Å². The summed E-state index contributed by atoms with van der Waals surface area (Å²) in [4.78, 5) is 11.5. The van der Waals surface area contributed by atoms with Crippen LogP contribution in [0.1, 0.15) is 69.9 Å². The third-order valence-corrected chi connectivity index (χ3v) is 5.82. The van der Waals surface area contributed by atoms with Crippen molar-refractivity contribution < 1.29 is 15.0 Å². The molecular weight excluding hydrogens is 362 g/mol. The summed E-state index contributed by atoms with van der Waals surface area (Å²) in [6.45, 7) is 3.09. The number of fused-ring (bicyclic) bond motifs is 1. The Kier molecular flexibility index (Phi) is 9.62. The first-order valence-electron chi connectivity index (χ1n) is 11.0. The number of hydrogen-bond donors (Lipinski definition) is 3. The Morgan fingerprint density at radius 1 is 0.862 bits per heavy atom. The predicted molar refractivity (Wildman–Crippen MR) is 120 cm³/mol.